The SMILES string of the molecule is Cn1nccc1CCC(Cc1cccc(Br)c1)C(=O)O. The summed E-state index contributed by atoms with van der Waals surface area (Å²) in [7, 11) is 1.87. The summed E-state index contributed by atoms with van der Waals surface area (Å²) in [6.45, 7) is 0. The minimum Gasteiger partial charge on any atom is -0.481 e. The third-order valence-electron chi connectivity index (χ3n) is 3.39. The van der Waals surface area contributed by atoms with Crippen LogP contribution in [0, 0.1) is 5.92 Å². The molecule has 0 saturated heterocycles. The maximum Gasteiger partial charge on any atom is 0.306 e. The van der Waals surface area contributed by atoms with Crippen molar-refractivity contribution in [1.82, 2.24) is 9.78 Å². The van der Waals surface area contributed by atoms with E-state index in [0.29, 0.717) is 12.8 Å². The molecule has 5 heteroatoms. The van der Waals surface area contributed by atoms with Crippen LogP contribution in [-0.2, 0) is 24.7 Å². The summed E-state index contributed by atoms with van der Waals surface area (Å²) in [6, 6.07) is 9.73. The van der Waals surface area contributed by atoms with Gasteiger partial charge in [-0.15, -0.1) is 0 Å². The van der Waals surface area contributed by atoms with Crippen LogP contribution in [-0.4, -0.2) is 20.9 Å². The minimum absolute atomic E-state index is 0.376. The van der Waals surface area contributed by atoms with Gasteiger partial charge < -0.3 is 5.11 Å². The van der Waals surface area contributed by atoms with E-state index in [2.05, 4.69) is 21.0 Å². The predicted molar refractivity (Wildman–Crippen MR) is 80.5 cm³/mol. The van der Waals surface area contributed by atoms with Gasteiger partial charge in [0.2, 0.25) is 0 Å². The summed E-state index contributed by atoms with van der Waals surface area (Å²) in [5.41, 5.74) is 2.10. The summed E-state index contributed by atoms with van der Waals surface area (Å²) in [4.78, 5) is 11.4. The Hall–Kier alpha value is -1.62. The topological polar surface area (TPSA) is 55.1 Å². The number of nitrogens with zero attached hydrogens (tertiary/aromatic N) is 2. The smallest absolute Gasteiger partial charge is 0.306 e. The summed E-state index contributed by atoms with van der Waals surface area (Å²) < 4.78 is 2.77. The van der Waals surface area contributed by atoms with E-state index in [1.807, 2.05) is 37.4 Å². The average Bonchev–Trinajstić information content (AvgIpc) is 2.80. The second kappa shape index (κ2) is 6.70. The van der Waals surface area contributed by atoms with E-state index in [-0.39, 0.29) is 5.92 Å². The van der Waals surface area contributed by atoms with E-state index in [0.717, 1.165) is 22.2 Å². The fraction of sp³-hybridized carbons (Fsp3) is 0.333. The van der Waals surface area contributed by atoms with Crippen molar-refractivity contribution in [2.24, 2.45) is 13.0 Å². The molecule has 0 amide bonds. The van der Waals surface area contributed by atoms with Gasteiger partial charge >= 0.3 is 5.97 Å². The summed E-state index contributed by atoms with van der Waals surface area (Å²) in [6.07, 6.45) is 3.62. The van der Waals surface area contributed by atoms with Gasteiger partial charge in [0.25, 0.3) is 0 Å². The van der Waals surface area contributed by atoms with Gasteiger partial charge in [-0.25, -0.2) is 0 Å². The molecule has 2 aromatic rings. The molecule has 1 aromatic carbocycles. The lowest BCUT2D eigenvalue weighted by atomic mass is 9.94. The van der Waals surface area contributed by atoms with Crippen LogP contribution >= 0.6 is 15.9 Å². The number of carboxylic acids is 1. The first-order chi connectivity index (χ1) is 9.56. The van der Waals surface area contributed by atoms with Gasteiger partial charge in [0.05, 0.1) is 5.92 Å². The lowest BCUT2D eigenvalue weighted by Crippen LogP contribution is -2.18. The molecule has 0 fully saturated rings. The second-order valence-electron chi connectivity index (χ2n) is 4.85. The van der Waals surface area contributed by atoms with Crippen LogP contribution in [0.5, 0.6) is 0 Å². The highest BCUT2D eigenvalue weighted by molar-refractivity contribution is 9.10. The molecule has 1 atom stereocenters. The Bertz CT molecular complexity index is 595. The molecule has 0 saturated carbocycles. The molecule has 20 heavy (non-hydrogen) atoms. The molecule has 0 spiro atoms. The lowest BCUT2D eigenvalue weighted by molar-refractivity contribution is -0.141. The fourth-order valence-corrected chi connectivity index (χ4v) is 2.68. The quantitative estimate of drug-likeness (QED) is 0.881. The number of aliphatic carboxylic acids is 1. The van der Waals surface area contributed by atoms with Crippen LogP contribution in [0.25, 0.3) is 0 Å². The first-order valence-corrected chi connectivity index (χ1v) is 7.29. The first-order valence-electron chi connectivity index (χ1n) is 6.50. The third kappa shape index (κ3) is 3.93. The number of benzene rings is 1. The number of carboxylic acid groups (broad SMARTS) is 1. The molecule has 0 aliphatic carbocycles. The van der Waals surface area contributed by atoms with Gasteiger partial charge in [-0.3, -0.25) is 9.48 Å². The van der Waals surface area contributed by atoms with Crippen molar-refractivity contribution in [2.75, 3.05) is 0 Å². The van der Waals surface area contributed by atoms with Gasteiger partial charge in [0.1, 0.15) is 0 Å². The number of hydrogen-bond acceptors (Lipinski definition) is 2. The van der Waals surface area contributed by atoms with Gasteiger partial charge in [-0.1, -0.05) is 28.1 Å². The Balaban J connectivity index is 2.01. The predicted octanol–water partition coefficient (Wildman–Crippen LogP) is 3.06. The lowest BCUT2D eigenvalue weighted by Gasteiger charge is -2.12. The van der Waals surface area contributed by atoms with E-state index in [9.17, 15) is 9.90 Å². The van der Waals surface area contributed by atoms with Crippen LogP contribution in [0.1, 0.15) is 17.7 Å². The average molecular weight is 337 g/mol. The van der Waals surface area contributed by atoms with Gasteiger partial charge in [0.15, 0.2) is 0 Å². The molecule has 4 nitrogen and oxygen atoms in total. The van der Waals surface area contributed by atoms with Crippen LogP contribution < -0.4 is 0 Å². The van der Waals surface area contributed by atoms with E-state index in [1.165, 1.54) is 0 Å². The minimum atomic E-state index is -0.743. The van der Waals surface area contributed by atoms with Crippen LogP contribution in [0.15, 0.2) is 41.0 Å². The van der Waals surface area contributed by atoms with E-state index >= 15 is 0 Å². The number of aryl methyl sites for hydroxylation is 2. The molecular formula is C15H17BrN2O2. The molecule has 106 valence electrons. The molecule has 1 unspecified atom stereocenters. The third-order valence-corrected chi connectivity index (χ3v) is 3.89. The largest absolute Gasteiger partial charge is 0.481 e. The van der Waals surface area contributed by atoms with Crippen LogP contribution in [0.4, 0.5) is 0 Å². The normalized spacial score (nSPS) is 12.3. The Morgan fingerprint density at radius 2 is 2.25 bits per heavy atom. The molecule has 0 aliphatic rings. The van der Waals surface area contributed by atoms with Crippen molar-refractivity contribution in [2.45, 2.75) is 19.3 Å². The highest BCUT2D eigenvalue weighted by Crippen LogP contribution is 2.19. The number of rotatable bonds is 6. The Kier molecular flexibility index (Phi) is 4.95. The molecule has 2 rings (SSSR count). The highest BCUT2D eigenvalue weighted by Gasteiger charge is 2.18. The maximum absolute atomic E-state index is 11.4. The zero-order valence-corrected chi connectivity index (χ0v) is 12.9. The van der Waals surface area contributed by atoms with Crippen molar-refractivity contribution in [3.05, 3.63) is 52.3 Å². The van der Waals surface area contributed by atoms with Crippen molar-refractivity contribution in [3.8, 4) is 0 Å². The van der Waals surface area contributed by atoms with E-state index in [1.54, 1.807) is 10.9 Å². The summed E-state index contributed by atoms with van der Waals surface area (Å²) >= 11 is 3.41. The van der Waals surface area contributed by atoms with Gasteiger partial charge in [-0.05, 0) is 43.0 Å². The van der Waals surface area contributed by atoms with Crippen molar-refractivity contribution in [1.29, 1.82) is 0 Å². The van der Waals surface area contributed by atoms with Crippen molar-refractivity contribution in [3.63, 3.8) is 0 Å². The molecule has 1 heterocycles. The molecule has 0 bridgehead atoms. The number of halogens is 1. The Morgan fingerprint density at radius 1 is 1.45 bits per heavy atom. The van der Waals surface area contributed by atoms with E-state index in [4.69, 9.17) is 0 Å². The second-order valence-corrected chi connectivity index (χ2v) is 5.77. The van der Waals surface area contributed by atoms with Crippen LogP contribution in [0.2, 0.25) is 0 Å². The summed E-state index contributed by atoms with van der Waals surface area (Å²) in [5.74, 6) is -1.12. The monoisotopic (exact) mass is 336 g/mol. The van der Waals surface area contributed by atoms with Gasteiger partial charge in [0, 0.05) is 23.4 Å². The zero-order valence-electron chi connectivity index (χ0n) is 11.3. The molecular weight excluding hydrogens is 320 g/mol. The van der Waals surface area contributed by atoms with Gasteiger partial charge in [-0.2, -0.15) is 5.10 Å². The first kappa shape index (κ1) is 14.8. The maximum atomic E-state index is 11.4. The number of carbonyl (C=O) groups is 1. The Morgan fingerprint density at radius 3 is 2.85 bits per heavy atom. The summed E-state index contributed by atoms with van der Waals surface area (Å²) in [5, 5.41) is 13.5. The molecule has 0 radical (unpaired) electrons. The molecule has 1 aromatic heterocycles. The standard InChI is InChI=1S/C15H17BrN2O2/c1-18-14(7-8-17-18)6-5-12(15(19)20)9-11-3-2-4-13(16)10-11/h2-4,7-8,10,12H,5-6,9H2,1H3,(H,19,20). The zero-order chi connectivity index (χ0) is 14.5. The molecule has 0 aliphatic heterocycles. The van der Waals surface area contributed by atoms with Crippen molar-refractivity contribution < 1.29 is 9.90 Å². The fourth-order valence-electron chi connectivity index (χ4n) is 2.23. The highest BCUT2D eigenvalue weighted by atomic mass is 79.9. The number of hydrogen-bond donors (Lipinski definition) is 1. The van der Waals surface area contributed by atoms with Crippen LogP contribution in [0.3, 0.4) is 0 Å². The Labute approximate surface area is 126 Å². The van der Waals surface area contributed by atoms with Crippen molar-refractivity contribution >= 4 is 21.9 Å². The van der Waals surface area contributed by atoms with E-state index < -0.39 is 5.97 Å². The number of aromatic nitrogens is 2. The molecule has 1 N–H and O–H groups in total.